The van der Waals surface area contributed by atoms with Crippen molar-refractivity contribution in [3.63, 3.8) is 0 Å². The summed E-state index contributed by atoms with van der Waals surface area (Å²) in [7, 11) is 0. The zero-order chi connectivity index (χ0) is 12.8. The molecular formula is C13H14F2O2. The van der Waals surface area contributed by atoms with Crippen LogP contribution in [0.25, 0.3) is 0 Å². The molecule has 2 nitrogen and oxygen atoms in total. The maximum absolute atomic E-state index is 14.0. The van der Waals surface area contributed by atoms with E-state index in [0.29, 0.717) is 30.4 Å². The molecule has 0 bridgehead atoms. The van der Waals surface area contributed by atoms with Gasteiger partial charge in [0.25, 0.3) is 0 Å². The van der Waals surface area contributed by atoms with Crippen LogP contribution in [0.2, 0.25) is 0 Å². The topological polar surface area (TPSA) is 37.3 Å². The number of rotatable bonds is 2. The molecule has 0 spiro atoms. The Bertz CT molecular complexity index is 464. The lowest BCUT2D eigenvalue weighted by Gasteiger charge is -2.38. The van der Waals surface area contributed by atoms with Crippen LogP contribution in [-0.2, 0) is 10.2 Å². The number of benzene rings is 1. The van der Waals surface area contributed by atoms with Crippen molar-refractivity contribution in [2.45, 2.75) is 38.5 Å². The molecule has 1 fully saturated rings. The minimum Gasteiger partial charge on any atom is -0.481 e. The summed E-state index contributed by atoms with van der Waals surface area (Å²) in [5.74, 6) is -2.56. The molecule has 17 heavy (non-hydrogen) atoms. The maximum atomic E-state index is 14.0. The van der Waals surface area contributed by atoms with E-state index in [0.717, 1.165) is 0 Å². The predicted octanol–water partition coefficient (Wildman–Crippen LogP) is 3.09. The number of carboxylic acids is 1. The third kappa shape index (κ3) is 1.54. The van der Waals surface area contributed by atoms with Crippen LogP contribution in [0.4, 0.5) is 8.78 Å². The fourth-order valence-corrected chi connectivity index (χ4v) is 2.46. The molecule has 2 rings (SSSR count). The zero-order valence-electron chi connectivity index (χ0n) is 9.81. The Morgan fingerprint density at radius 2 is 1.71 bits per heavy atom. The average molecular weight is 240 g/mol. The van der Waals surface area contributed by atoms with Crippen molar-refractivity contribution in [3.8, 4) is 0 Å². The Morgan fingerprint density at radius 1 is 1.24 bits per heavy atom. The summed E-state index contributed by atoms with van der Waals surface area (Å²) in [6.45, 7) is 3.05. The average Bonchev–Trinajstić information content (AvgIpc) is 2.18. The number of carboxylic acid groups (broad SMARTS) is 1. The van der Waals surface area contributed by atoms with Crippen LogP contribution < -0.4 is 0 Å². The highest BCUT2D eigenvalue weighted by Crippen LogP contribution is 2.46. The zero-order valence-corrected chi connectivity index (χ0v) is 9.81. The van der Waals surface area contributed by atoms with Gasteiger partial charge in [-0.1, -0.05) is 12.5 Å². The van der Waals surface area contributed by atoms with Gasteiger partial charge in [-0.15, -0.1) is 0 Å². The first-order valence-corrected chi connectivity index (χ1v) is 5.59. The van der Waals surface area contributed by atoms with Crippen LogP contribution >= 0.6 is 0 Å². The highest BCUT2D eigenvalue weighted by molar-refractivity contribution is 5.83. The van der Waals surface area contributed by atoms with Crippen LogP contribution in [0.5, 0.6) is 0 Å². The molecule has 0 amide bonds. The SMILES string of the molecule is Cc1cc(C)c(F)c(C2(C(=O)O)CCC2)c1F. The summed E-state index contributed by atoms with van der Waals surface area (Å²) in [6.07, 6.45) is 1.30. The molecular weight excluding hydrogens is 226 g/mol. The van der Waals surface area contributed by atoms with Crippen LogP contribution in [0.15, 0.2) is 6.07 Å². The standard InChI is InChI=1S/C13H14F2O2/c1-7-6-8(2)11(15)9(10(7)14)13(12(16)17)4-3-5-13/h6H,3-5H2,1-2H3,(H,16,17). The van der Waals surface area contributed by atoms with Crippen LogP contribution in [0.1, 0.15) is 36.0 Å². The first-order valence-electron chi connectivity index (χ1n) is 5.59. The van der Waals surface area contributed by atoms with Crippen molar-refractivity contribution >= 4 is 5.97 Å². The van der Waals surface area contributed by atoms with Gasteiger partial charge in [-0.2, -0.15) is 0 Å². The van der Waals surface area contributed by atoms with E-state index in [1.807, 2.05) is 0 Å². The minimum absolute atomic E-state index is 0.256. The molecule has 0 atom stereocenters. The van der Waals surface area contributed by atoms with Crippen molar-refractivity contribution in [1.82, 2.24) is 0 Å². The van der Waals surface area contributed by atoms with Gasteiger partial charge in [0.1, 0.15) is 11.6 Å². The molecule has 0 aliphatic heterocycles. The number of carbonyl (C=O) groups is 1. The van der Waals surface area contributed by atoms with E-state index in [1.165, 1.54) is 19.9 Å². The second kappa shape index (κ2) is 3.79. The molecule has 92 valence electrons. The first kappa shape index (κ1) is 12.0. The van der Waals surface area contributed by atoms with Gasteiger partial charge in [0.15, 0.2) is 0 Å². The molecule has 1 aromatic rings. The fourth-order valence-electron chi connectivity index (χ4n) is 2.46. The number of hydrogen-bond donors (Lipinski definition) is 1. The summed E-state index contributed by atoms with van der Waals surface area (Å²) in [4.78, 5) is 11.3. The molecule has 0 heterocycles. The van der Waals surface area contributed by atoms with E-state index < -0.39 is 23.0 Å². The van der Waals surface area contributed by atoms with Crippen LogP contribution in [0, 0.1) is 25.5 Å². The minimum atomic E-state index is -1.36. The van der Waals surface area contributed by atoms with Crippen molar-refractivity contribution in [1.29, 1.82) is 0 Å². The lowest BCUT2D eigenvalue weighted by molar-refractivity contribution is -0.147. The molecule has 1 aliphatic carbocycles. The molecule has 0 saturated heterocycles. The van der Waals surface area contributed by atoms with Gasteiger partial charge >= 0.3 is 5.97 Å². The van der Waals surface area contributed by atoms with E-state index in [9.17, 15) is 18.7 Å². The number of hydrogen-bond acceptors (Lipinski definition) is 1. The van der Waals surface area contributed by atoms with E-state index in [-0.39, 0.29) is 5.56 Å². The van der Waals surface area contributed by atoms with Gasteiger partial charge in [0, 0.05) is 5.56 Å². The van der Waals surface area contributed by atoms with Gasteiger partial charge in [0.05, 0.1) is 5.41 Å². The van der Waals surface area contributed by atoms with E-state index >= 15 is 0 Å². The maximum Gasteiger partial charge on any atom is 0.314 e. The third-order valence-corrected chi connectivity index (χ3v) is 3.66. The Balaban J connectivity index is 2.70. The normalized spacial score (nSPS) is 17.6. The molecule has 1 saturated carbocycles. The van der Waals surface area contributed by atoms with Gasteiger partial charge < -0.3 is 5.11 Å². The Labute approximate surface area is 98.3 Å². The summed E-state index contributed by atoms with van der Waals surface area (Å²) in [6, 6.07) is 1.41. The summed E-state index contributed by atoms with van der Waals surface area (Å²) in [5.41, 5.74) is -1.02. The molecule has 0 aromatic heterocycles. The predicted molar refractivity (Wildman–Crippen MR) is 59.0 cm³/mol. The third-order valence-electron chi connectivity index (χ3n) is 3.66. The largest absolute Gasteiger partial charge is 0.481 e. The number of aryl methyl sites for hydroxylation is 2. The summed E-state index contributed by atoms with van der Waals surface area (Å²) in [5, 5.41) is 9.23. The highest BCUT2D eigenvalue weighted by atomic mass is 19.1. The van der Waals surface area contributed by atoms with Crippen molar-refractivity contribution in [2.75, 3.05) is 0 Å². The first-order chi connectivity index (χ1) is 7.90. The summed E-state index contributed by atoms with van der Waals surface area (Å²) >= 11 is 0. The van der Waals surface area contributed by atoms with E-state index in [4.69, 9.17) is 0 Å². The van der Waals surface area contributed by atoms with Crippen LogP contribution in [-0.4, -0.2) is 11.1 Å². The van der Waals surface area contributed by atoms with Crippen molar-refractivity contribution in [2.24, 2.45) is 0 Å². The fraction of sp³-hybridized carbons (Fsp3) is 0.462. The molecule has 0 radical (unpaired) electrons. The Hall–Kier alpha value is -1.45. The quantitative estimate of drug-likeness (QED) is 0.862. The van der Waals surface area contributed by atoms with Crippen molar-refractivity contribution in [3.05, 3.63) is 34.4 Å². The summed E-state index contributed by atoms with van der Waals surface area (Å²) < 4.78 is 28.0. The Morgan fingerprint density at radius 3 is 2.00 bits per heavy atom. The van der Waals surface area contributed by atoms with E-state index in [1.54, 1.807) is 0 Å². The molecule has 1 aromatic carbocycles. The monoisotopic (exact) mass is 240 g/mol. The van der Waals surface area contributed by atoms with Crippen LogP contribution in [0.3, 0.4) is 0 Å². The second-order valence-corrected chi connectivity index (χ2v) is 4.75. The number of aliphatic carboxylic acids is 1. The number of halogens is 2. The molecule has 1 N–H and O–H groups in total. The lowest BCUT2D eigenvalue weighted by Crippen LogP contribution is -2.44. The molecule has 1 aliphatic rings. The van der Waals surface area contributed by atoms with Gasteiger partial charge in [-0.25, -0.2) is 8.78 Å². The van der Waals surface area contributed by atoms with Gasteiger partial charge in [-0.05, 0) is 37.8 Å². The van der Waals surface area contributed by atoms with E-state index in [2.05, 4.69) is 0 Å². The smallest absolute Gasteiger partial charge is 0.314 e. The van der Waals surface area contributed by atoms with Gasteiger partial charge in [-0.3, -0.25) is 4.79 Å². The molecule has 4 heteroatoms. The van der Waals surface area contributed by atoms with Crippen molar-refractivity contribution < 1.29 is 18.7 Å². The lowest BCUT2D eigenvalue weighted by atomic mass is 9.63. The van der Waals surface area contributed by atoms with Gasteiger partial charge in [0.2, 0.25) is 0 Å². The second-order valence-electron chi connectivity index (χ2n) is 4.75. The molecule has 0 unspecified atom stereocenters. The Kier molecular flexibility index (Phi) is 2.68. The highest BCUT2D eigenvalue weighted by Gasteiger charge is 2.49.